The fourth-order valence-electron chi connectivity index (χ4n) is 4.47. The molecule has 0 amide bonds. The highest BCUT2D eigenvalue weighted by atomic mass is 16.1. The van der Waals surface area contributed by atoms with Gasteiger partial charge in [0, 0.05) is 28.9 Å². The Morgan fingerprint density at radius 2 is 1.94 bits per heavy atom. The zero-order chi connectivity index (χ0) is 23.2. The van der Waals surface area contributed by atoms with Crippen molar-refractivity contribution < 1.29 is 0 Å². The Kier molecular flexibility index (Phi) is 4.96. The van der Waals surface area contributed by atoms with Crippen molar-refractivity contribution in [2.24, 2.45) is 16.3 Å². The minimum absolute atomic E-state index is 0.167. The molecule has 3 aromatic heterocycles. The number of fused-ring (bicyclic) bond motifs is 1. The lowest BCUT2D eigenvalue weighted by Crippen LogP contribution is -2.43. The van der Waals surface area contributed by atoms with E-state index in [1.807, 2.05) is 19.1 Å². The molecule has 166 valence electrons. The van der Waals surface area contributed by atoms with Crippen LogP contribution in [0.5, 0.6) is 0 Å². The van der Waals surface area contributed by atoms with Gasteiger partial charge in [-0.2, -0.15) is 5.10 Å². The number of aromatic nitrogens is 7. The van der Waals surface area contributed by atoms with Gasteiger partial charge in [-0.05, 0) is 30.9 Å². The Morgan fingerprint density at radius 3 is 2.67 bits per heavy atom. The number of aryl methyl sites for hydroxylation is 1. The molecule has 1 aliphatic heterocycles. The SMILES string of the molecule is CCC1C=C(c2ccc(-c3ncn[nH]3)cc2C)N=C(n2c(=O)cnc3nccnc32)C1(C)C. The van der Waals surface area contributed by atoms with E-state index in [2.05, 4.69) is 63.0 Å². The van der Waals surface area contributed by atoms with E-state index in [0.29, 0.717) is 23.0 Å². The number of hydrogen-bond acceptors (Lipinski definition) is 7. The summed E-state index contributed by atoms with van der Waals surface area (Å²) in [4.78, 5) is 35.1. The lowest BCUT2D eigenvalue weighted by Gasteiger charge is -2.37. The molecular weight excluding hydrogens is 416 g/mol. The third-order valence-corrected chi connectivity index (χ3v) is 6.32. The molecule has 0 saturated carbocycles. The van der Waals surface area contributed by atoms with Crippen LogP contribution in [0.25, 0.3) is 28.4 Å². The molecule has 1 N–H and O–H groups in total. The van der Waals surface area contributed by atoms with Crippen molar-refractivity contribution in [3.8, 4) is 11.4 Å². The van der Waals surface area contributed by atoms with Gasteiger partial charge in [-0.25, -0.2) is 29.5 Å². The average Bonchev–Trinajstić information content (AvgIpc) is 3.34. The molecule has 0 bridgehead atoms. The third kappa shape index (κ3) is 3.45. The molecule has 0 radical (unpaired) electrons. The van der Waals surface area contributed by atoms with Crippen LogP contribution in [0.1, 0.15) is 38.3 Å². The van der Waals surface area contributed by atoms with Crippen molar-refractivity contribution >= 4 is 22.8 Å². The van der Waals surface area contributed by atoms with Crippen LogP contribution in [-0.2, 0) is 0 Å². The van der Waals surface area contributed by atoms with Gasteiger partial charge in [0.2, 0.25) is 0 Å². The van der Waals surface area contributed by atoms with E-state index in [-0.39, 0.29) is 11.5 Å². The number of nitrogens with one attached hydrogen (secondary N) is 1. The number of aliphatic imine (C=N–C) groups is 1. The van der Waals surface area contributed by atoms with Gasteiger partial charge in [0.1, 0.15) is 12.2 Å². The fraction of sp³-hybridized carbons (Fsp3) is 0.292. The summed E-state index contributed by atoms with van der Waals surface area (Å²) < 4.78 is 1.56. The second kappa shape index (κ2) is 7.84. The number of hydrogen-bond donors (Lipinski definition) is 1. The molecule has 0 saturated heterocycles. The van der Waals surface area contributed by atoms with Gasteiger partial charge in [0.25, 0.3) is 5.56 Å². The number of benzene rings is 1. The van der Waals surface area contributed by atoms with E-state index in [9.17, 15) is 4.79 Å². The molecule has 1 unspecified atom stereocenters. The maximum Gasteiger partial charge on any atom is 0.276 e. The van der Waals surface area contributed by atoms with Crippen molar-refractivity contribution in [3.05, 3.63) is 70.7 Å². The summed E-state index contributed by atoms with van der Waals surface area (Å²) in [5.74, 6) is 1.52. The molecular formula is C24H24N8O. The third-order valence-electron chi connectivity index (χ3n) is 6.32. The van der Waals surface area contributed by atoms with Gasteiger partial charge in [-0.1, -0.05) is 39.0 Å². The molecule has 4 heterocycles. The predicted molar refractivity (Wildman–Crippen MR) is 127 cm³/mol. The predicted octanol–water partition coefficient (Wildman–Crippen LogP) is 3.63. The zero-order valence-corrected chi connectivity index (χ0v) is 18.9. The largest absolute Gasteiger partial charge is 0.276 e. The van der Waals surface area contributed by atoms with Crippen molar-refractivity contribution in [1.82, 2.24) is 34.7 Å². The Morgan fingerprint density at radius 1 is 1.12 bits per heavy atom. The van der Waals surface area contributed by atoms with Crippen LogP contribution in [0, 0.1) is 18.3 Å². The quantitative estimate of drug-likeness (QED) is 0.520. The van der Waals surface area contributed by atoms with Gasteiger partial charge in [-0.3, -0.25) is 9.89 Å². The van der Waals surface area contributed by atoms with E-state index in [1.54, 1.807) is 17.0 Å². The Bertz CT molecular complexity index is 1460. The molecule has 4 aromatic rings. The molecule has 1 aliphatic rings. The van der Waals surface area contributed by atoms with Crippen LogP contribution < -0.4 is 5.56 Å². The summed E-state index contributed by atoms with van der Waals surface area (Å²) in [6.45, 7) is 8.42. The summed E-state index contributed by atoms with van der Waals surface area (Å²) in [6.07, 6.45) is 9.01. The zero-order valence-electron chi connectivity index (χ0n) is 18.9. The number of H-pyrrole nitrogens is 1. The molecule has 1 aromatic carbocycles. The standard InChI is InChI=1S/C24H24N8O/c1-5-16-11-18(17-7-6-15(10-14(17)2)20-28-13-29-31-20)30-23(24(16,3)4)32-19(33)12-27-21-22(32)26-9-8-25-21/h6-13,16H,5H2,1-4H3,(H,28,29,31). The molecule has 9 nitrogen and oxygen atoms in total. The topological polar surface area (TPSA) is 115 Å². The van der Waals surface area contributed by atoms with Crippen LogP contribution in [0.15, 0.2) is 59.0 Å². The Labute approximate surface area is 190 Å². The minimum atomic E-state index is -0.401. The molecule has 5 rings (SSSR count). The number of aromatic amines is 1. The lowest BCUT2D eigenvalue weighted by atomic mass is 9.73. The summed E-state index contributed by atoms with van der Waals surface area (Å²) in [7, 11) is 0. The van der Waals surface area contributed by atoms with Gasteiger partial charge < -0.3 is 0 Å². The van der Waals surface area contributed by atoms with E-state index in [1.165, 1.54) is 12.5 Å². The first-order valence-corrected chi connectivity index (χ1v) is 10.9. The number of rotatable bonds is 3. The van der Waals surface area contributed by atoms with Gasteiger partial charge in [0.05, 0.1) is 11.9 Å². The van der Waals surface area contributed by atoms with Crippen LogP contribution in [0.4, 0.5) is 0 Å². The monoisotopic (exact) mass is 440 g/mol. The summed E-state index contributed by atoms with van der Waals surface area (Å²) in [5.41, 5.74) is 3.98. The van der Waals surface area contributed by atoms with Crippen LogP contribution >= 0.6 is 0 Å². The summed E-state index contributed by atoms with van der Waals surface area (Å²) >= 11 is 0. The van der Waals surface area contributed by atoms with E-state index in [0.717, 1.165) is 28.8 Å². The van der Waals surface area contributed by atoms with E-state index < -0.39 is 5.41 Å². The van der Waals surface area contributed by atoms with Crippen molar-refractivity contribution in [1.29, 1.82) is 0 Å². The van der Waals surface area contributed by atoms with Crippen LogP contribution in [-0.4, -0.2) is 40.5 Å². The Balaban J connectivity index is 1.70. The smallest absolute Gasteiger partial charge is 0.267 e. The molecule has 0 aliphatic carbocycles. The van der Waals surface area contributed by atoms with Gasteiger partial charge in [0.15, 0.2) is 17.1 Å². The molecule has 1 atom stereocenters. The summed E-state index contributed by atoms with van der Waals surface area (Å²) in [5, 5.41) is 6.83. The molecule has 33 heavy (non-hydrogen) atoms. The average molecular weight is 441 g/mol. The maximum atomic E-state index is 13.0. The highest BCUT2D eigenvalue weighted by molar-refractivity contribution is 5.99. The second-order valence-corrected chi connectivity index (χ2v) is 8.72. The van der Waals surface area contributed by atoms with Crippen molar-refractivity contribution in [2.45, 2.75) is 34.1 Å². The van der Waals surface area contributed by atoms with Crippen molar-refractivity contribution in [3.63, 3.8) is 0 Å². The first-order chi connectivity index (χ1) is 15.9. The lowest BCUT2D eigenvalue weighted by molar-refractivity contribution is 0.352. The number of nitrogens with zero attached hydrogens (tertiary/aromatic N) is 7. The molecule has 0 spiro atoms. The minimum Gasteiger partial charge on any atom is -0.267 e. The summed E-state index contributed by atoms with van der Waals surface area (Å²) in [6, 6.07) is 6.10. The van der Waals surface area contributed by atoms with E-state index in [4.69, 9.17) is 4.99 Å². The highest BCUT2D eigenvalue weighted by Crippen LogP contribution is 2.40. The van der Waals surface area contributed by atoms with Gasteiger partial charge in [-0.15, -0.1) is 0 Å². The first-order valence-electron chi connectivity index (χ1n) is 10.9. The maximum absolute atomic E-state index is 13.0. The molecule has 0 fully saturated rings. The normalized spacial score (nSPS) is 17.6. The first kappa shape index (κ1) is 20.9. The van der Waals surface area contributed by atoms with Crippen molar-refractivity contribution in [2.75, 3.05) is 0 Å². The van der Waals surface area contributed by atoms with Gasteiger partial charge >= 0.3 is 0 Å². The number of allylic oxidation sites excluding steroid dienone is 1. The highest BCUT2D eigenvalue weighted by Gasteiger charge is 2.38. The van der Waals surface area contributed by atoms with Crippen LogP contribution in [0.2, 0.25) is 0 Å². The molecule has 9 heteroatoms. The Hall–Kier alpha value is -4.01. The second-order valence-electron chi connectivity index (χ2n) is 8.72. The van der Waals surface area contributed by atoms with E-state index >= 15 is 0 Å². The van der Waals surface area contributed by atoms with Crippen LogP contribution in [0.3, 0.4) is 0 Å². The fourth-order valence-corrected chi connectivity index (χ4v) is 4.47.